The number of nitrogens with two attached hydrogens (primary N) is 1. The summed E-state index contributed by atoms with van der Waals surface area (Å²) >= 11 is 0. The molecule has 2 atom stereocenters. The summed E-state index contributed by atoms with van der Waals surface area (Å²) in [4.78, 5) is 9.18. The maximum atomic E-state index is 5.91. The quantitative estimate of drug-likeness (QED) is 0.834. The van der Waals surface area contributed by atoms with E-state index in [1.54, 1.807) is 0 Å². The summed E-state index contributed by atoms with van der Waals surface area (Å²) in [5.41, 5.74) is 7.00. The smallest absolute Gasteiger partial charge is 0.0645 e. The Morgan fingerprint density at radius 2 is 2.35 bits per heavy atom. The van der Waals surface area contributed by atoms with Gasteiger partial charge in [-0.1, -0.05) is 6.07 Å². The molecule has 1 aromatic rings. The van der Waals surface area contributed by atoms with Crippen LogP contribution < -0.4 is 5.73 Å². The van der Waals surface area contributed by atoms with Crippen molar-refractivity contribution in [2.75, 3.05) is 33.7 Å². The van der Waals surface area contributed by atoms with Crippen LogP contribution in [0.3, 0.4) is 0 Å². The molecule has 4 nitrogen and oxygen atoms in total. The van der Waals surface area contributed by atoms with Crippen LogP contribution in [0.1, 0.15) is 18.2 Å². The van der Waals surface area contributed by atoms with Gasteiger partial charge in [0, 0.05) is 31.9 Å². The molecule has 1 aromatic heterocycles. The van der Waals surface area contributed by atoms with Crippen molar-refractivity contribution in [2.45, 2.75) is 18.5 Å². The number of hydrogen-bond acceptors (Lipinski definition) is 4. The van der Waals surface area contributed by atoms with Gasteiger partial charge in [0.25, 0.3) is 0 Å². The Bertz CT molecular complexity index is 339. The summed E-state index contributed by atoms with van der Waals surface area (Å²) in [6, 6.07) is 6.96. The van der Waals surface area contributed by atoms with Crippen molar-refractivity contribution >= 4 is 0 Å². The van der Waals surface area contributed by atoms with E-state index in [2.05, 4.69) is 34.9 Å². The molecule has 0 radical (unpaired) electrons. The van der Waals surface area contributed by atoms with E-state index in [-0.39, 0.29) is 6.04 Å². The van der Waals surface area contributed by atoms with Gasteiger partial charge in [-0.05, 0) is 32.6 Å². The highest BCUT2D eigenvalue weighted by Gasteiger charge is 2.29. The maximum Gasteiger partial charge on any atom is 0.0645 e. The van der Waals surface area contributed by atoms with Crippen molar-refractivity contribution in [3.63, 3.8) is 0 Å². The van der Waals surface area contributed by atoms with Gasteiger partial charge in [-0.25, -0.2) is 0 Å². The Morgan fingerprint density at radius 1 is 1.53 bits per heavy atom. The second kappa shape index (κ2) is 5.58. The summed E-state index contributed by atoms with van der Waals surface area (Å²) in [5, 5.41) is 0. The molecule has 0 bridgehead atoms. The average molecular weight is 234 g/mol. The number of aromatic nitrogens is 1. The first kappa shape index (κ1) is 12.5. The Balaban J connectivity index is 2.06. The van der Waals surface area contributed by atoms with Crippen LogP contribution in [-0.4, -0.2) is 54.6 Å². The highest BCUT2D eigenvalue weighted by Crippen LogP contribution is 2.24. The molecular formula is C13H22N4. The van der Waals surface area contributed by atoms with E-state index >= 15 is 0 Å². The van der Waals surface area contributed by atoms with Crippen LogP contribution in [0, 0.1) is 0 Å². The normalized spacial score (nSPS) is 23.2. The van der Waals surface area contributed by atoms with Crippen molar-refractivity contribution in [2.24, 2.45) is 5.73 Å². The van der Waals surface area contributed by atoms with Gasteiger partial charge in [0.05, 0.1) is 11.7 Å². The van der Waals surface area contributed by atoms with Gasteiger partial charge in [-0.2, -0.15) is 0 Å². The Labute approximate surface area is 103 Å². The number of rotatable bonds is 4. The predicted octanol–water partition coefficient (Wildman–Crippen LogP) is 0.717. The Hall–Kier alpha value is -0.970. The van der Waals surface area contributed by atoms with E-state index in [1.807, 2.05) is 18.3 Å². The van der Waals surface area contributed by atoms with Crippen LogP contribution >= 0.6 is 0 Å². The van der Waals surface area contributed by atoms with Crippen molar-refractivity contribution in [3.8, 4) is 0 Å². The molecule has 4 heteroatoms. The fourth-order valence-electron chi connectivity index (χ4n) is 2.50. The summed E-state index contributed by atoms with van der Waals surface area (Å²) in [6.45, 7) is 2.84. The number of pyridine rings is 1. The van der Waals surface area contributed by atoms with E-state index in [0.29, 0.717) is 12.6 Å². The number of likely N-dealkylation sites (tertiary alicyclic amines) is 1. The number of hydrogen-bond donors (Lipinski definition) is 1. The molecule has 0 aromatic carbocycles. The molecule has 94 valence electrons. The Morgan fingerprint density at radius 3 is 2.88 bits per heavy atom. The molecule has 1 aliphatic heterocycles. The highest BCUT2D eigenvalue weighted by molar-refractivity contribution is 5.10. The minimum absolute atomic E-state index is 0.265. The standard InChI is InChI=1S/C13H22N4/c1-16(2)11-6-8-17(10-11)13(9-14)12-5-3-4-7-15-12/h3-5,7,11,13H,6,8-10,14H2,1-2H3. The van der Waals surface area contributed by atoms with Gasteiger partial charge >= 0.3 is 0 Å². The molecule has 0 aliphatic carbocycles. The van der Waals surface area contributed by atoms with E-state index in [1.165, 1.54) is 6.42 Å². The van der Waals surface area contributed by atoms with E-state index in [9.17, 15) is 0 Å². The molecular weight excluding hydrogens is 212 g/mol. The van der Waals surface area contributed by atoms with Gasteiger partial charge in [0.1, 0.15) is 0 Å². The lowest BCUT2D eigenvalue weighted by molar-refractivity contribution is 0.217. The molecule has 0 saturated carbocycles. The van der Waals surface area contributed by atoms with Crippen LogP contribution in [0.5, 0.6) is 0 Å². The molecule has 17 heavy (non-hydrogen) atoms. The zero-order valence-corrected chi connectivity index (χ0v) is 10.7. The zero-order valence-electron chi connectivity index (χ0n) is 10.7. The maximum absolute atomic E-state index is 5.91. The molecule has 2 unspecified atom stereocenters. The SMILES string of the molecule is CN(C)C1CCN(C(CN)c2ccccn2)C1. The van der Waals surface area contributed by atoms with Gasteiger partial charge in [0.2, 0.25) is 0 Å². The van der Waals surface area contributed by atoms with E-state index < -0.39 is 0 Å². The zero-order chi connectivity index (χ0) is 12.3. The lowest BCUT2D eigenvalue weighted by atomic mass is 10.1. The summed E-state index contributed by atoms with van der Waals surface area (Å²) in [7, 11) is 4.29. The molecule has 2 rings (SSSR count). The van der Waals surface area contributed by atoms with E-state index in [4.69, 9.17) is 5.73 Å². The van der Waals surface area contributed by atoms with Gasteiger partial charge in [-0.3, -0.25) is 9.88 Å². The number of likely N-dealkylation sites (N-methyl/N-ethyl adjacent to an activating group) is 1. The van der Waals surface area contributed by atoms with Crippen LogP contribution in [-0.2, 0) is 0 Å². The predicted molar refractivity (Wildman–Crippen MR) is 69.7 cm³/mol. The average Bonchev–Trinajstić information content (AvgIpc) is 2.81. The summed E-state index contributed by atoms with van der Waals surface area (Å²) in [5.74, 6) is 0. The third-order valence-corrected chi connectivity index (χ3v) is 3.62. The summed E-state index contributed by atoms with van der Waals surface area (Å²) in [6.07, 6.45) is 3.06. The molecule has 2 N–H and O–H groups in total. The van der Waals surface area contributed by atoms with Gasteiger partial charge < -0.3 is 10.6 Å². The first-order valence-corrected chi connectivity index (χ1v) is 6.24. The van der Waals surface area contributed by atoms with Gasteiger partial charge in [-0.15, -0.1) is 0 Å². The molecule has 0 spiro atoms. The van der Waals surface area contributed by atoms with E-state index in [0.717, 1.165) is 18.8 Å². The first-order chi connectivity index (χ1) is 8.22. The van der Waals surface area contributed by atoms with Crippen LogP contribution in [0.15, 0.2) is 24.4 Å². The monoisotopic (exact) mass is 234 g/mol. The molecule has 1 fully saturated rings. The largest absolute Gasteiger partial charge is 0.329 e. The molecule has 1 aliphatic rings. The third kappa shape index (κ3) is 2.83. The summed E-state index contributed by atoms with van der Waals surface area (Å²) < 4.78 is 0. The molecule has 2 heterocycles. The van der Waals surface area contributed by atoms with Crippen molar-refractivity contribution in [3.05, 3.63) is 30.1 Å². The fraction of sp³-hybridized carbons (Fsp3) is 0.615. The lowest BCUT2D eigenvalue weighted by Gasteiger charge is -2.27. The minimum Gasteiger partial charge on any atom is -0.329 e. The Kier molecular flexibility index (Phi) is 4.10. The second-order valence-electron chi connectivity index (χ2n) is 4.91. The van der Waals surface area contributed by atoms with Crippen LogP contribution in [0.4, 0.5) is 0 Å². The van der Waals surface area contributed by atoms with Crippen LogP contribution in [0.25, 0.3) is 0 Å². The molecule has 1 saturated heterocycles. The fourth-order valence-corrected chi connectivity index (χ4v) is 2.50. The first-order valence-electron chi connectivity index (χ1n) is 6.24. The second-order valence-corrected chi connectivity index (χ2v) is 4.91. The lowest BCUT2D eigenvalue weighted by Crippen LogP contribution is -2.36. The van der Waals surface area contributed by atoms with Crippen molar-refractivity contribution in [1.82, 2.24) is 14.8 Å². The van der Waals surface area contributed by atoms with Crippen molar-refractivity contribution in [1.29, 1.82) is 0 Å². The van der Waals surface area contributed by atoms with Crippen molar-refractivity contribution < 1.29 is 0 Å². The van der Waals surface area contributed by atoms with Gasteiger partial charge in [0.15, 0.2) is 0 Å². The number of nitrogens with zero attached hydrogens (tertiary/aromatic N) is 3. The van der Waals surface area contributed by atoms with Crippen LogP contribution in [0.2, 0.25) is 0 Å². The minimum atomic E-state index is 0.265. The topological polar surface area (TPSA) is 45.4 Å². The third-order valence-electron chi connectivity index (χ3n) is 3.62. The highest BCUT2D eigenvalue weighted by atomic mass is 15.3. The molecule has 0 amide bonds.